The Morgan fingerprint density at radius 3 is 2.60 bits per heavy atom. The molecule has 0 unspecified atom stereocenters. The average Bonchev–Trinajstić information content (AvgIpc) is 2.30. The number of benzene rings is 1. The summed E-state index contributed by atoms with van der Waals surface area (Å²) in [6.45, 7) is 4.12. The average molecular weight is 207 g/mol. The van der Waals surface area contributed by atoms with Gasteiger partial charge in [0, 0.05) is 19.8 Å². The first-order valence-electron chi connectivity index (χ1n) is 5.62. The van der Waals surface area contributed by atoms with E-state index in [9.17, 15) is 0 Å². The molecule has 1 aromatic rings. The van der Waals surface area contributed by atoms with Crippen LogP contribution in [0.4, 0.5) is 0 Å². The van der Waals surface area contributed by atoms with Crippen LogP contribution in [-0.2, 0) is 4.74 Å². The summed E-state index contributed by atoms with van der Waals surface area (Å²) in [6, 6.07) is 11.0. The Morgan fingerprint density at radius 2 is 1.93 bits per heavy atom. The van der Waals surface area contributed by atoms with Gasteiger partial charge in [-0.25, -0.2) is 0 Å². The van der Waals surface area contributed by atoms with Gasteiger partial charge in [0.1, 0.15) is 0 Å². The Hall–Kier alpha value is -0.860. The van der Waals surface area contributed by atoms with Gasteiger partial charge in [0.2, 0.25) is 0 Å². The Kier molecular flexibility index (Phi) is 6.05. The molecule has 84 valence electrons. The third-order valence-electron chi connectivity index (χ3n) is 2.53. The Morgan fingerprint density at radius 1 is 1.20 bits per heavy atom. The molecule has 1 aromatic carbocycles. The summed E-state index contributed by atoms with van der Waals surface area (Å²) >= 11 is 0. The van der Waals surface area contributed by atoms with Crippen LogP contribution in [0.2, 0.25) is 0 Å². The zero-order valence-electron chi connectivity index (χ0n) is 9.70. The first-order valence-corrected chi connectivity index (χ1v) is 5.62. The highest BCUT2D eigenvalue weighted by molar-refractivity contribution is 5.17. The molecule has 0 aromatic heterocycles. The molecule has 15 heavy (non-hydrogen) atoms. The molecule has 0 bridgehead atoms. The van der Waals surface area contributed by atoms with Crippen LogP contribution in [0.5, 0.6) is 0 Å². The predicted molar refractivity (Wildman–Crippen MR) is 64.0 cm³/mol. The molecule has 0 radical (unpaired) electrons. The van der Waals surface area contributed by atoms with E-state index in [1.165, 1.54) is 12.0 Å². The minimum atomic E-state index is 0.439. The number of hydrogen-bond acceptors (Lipinski definition) is 2. The lowest BCUT2D eigenvalue weighted by molar-refractivity contribution is 0.192. The standard InChI is InChI=1S/C13H21NO/c1-12(13-8-4-3-5-9-13)14-10-6-7-11-15-2/h3-5,8-9,12,14H,6-7,10-11H2,1-2H3/t12-/m0/s1. The third-order valence-corrected chi connectivity index (χ3v) is 2.53. The number of methoxy groups -OCH3 is 1. The van der Waals surface area contributed by atoms with Gasteiger partial charge in [0.05, 0.1) is 0 Å². The van der Waals surface area contributed by atoms with E-state index in [0.717, 1.165) is 19.6 Å². The minimum absolute atomic E-state index is 0.439. The summed E-state index contributed by atoms with van der Waals surface area (Å²) in [5.41, 5.74) is 1.35. The summed E-state index contributed by atoms with van der Waals surface area (Å²) in [4.78, 5) is 0. The zero-order valence-corrected chi connectivity index (χ0v) is 9.70. The van der Waals surface area contributed by atoms with Crippen molar-refractivity contribution >= 4 is 0 Å². The molecule has 0 saturated carbocycles. The van der Waals surface area contributed by atoms with Gasteiger partial charge in [0.15, 0.2) is 0 Å². The van der Waals surface area contributed by atoms with Crippen LogP contribution in [0.1, 0.15) is 31.4 Å². The topological polar surface area (TPSA) is 21.3 Å². The van der Waals surface area contributed by atoms with Gasteiger partial charge >= 0.3 is 0 Å². The number of hydrogen-bond donors (Lipinski definition) is 1. The molecule has 1 N–H and O–H groups in total. The van der Waals surface area contributed by atoms with E-state index < -0.39 is 0 Å². The maximum absolute atomic E-state index is 5.01. The van der Waals surface area contributed by atoms with E-state index in [0.29, 0.717) is 6.04 Å². The highest BCUT2D eigenvalue weighted by Crippen LogP contribution is 2.10. The van der Waals surface area contributed by atoms with E-state index in [1.54, 1.807) is 7.11 Å². The Labute approximate surface area is 92.6 Å². The molecule has 0 heterocycles. The highest BCUT2D eigenvalue weighted by Gasteiger charge is 2.02. The molecule has 0 aliphatic rings. The molecule has 0 aliphatic carbocycles. The maximum atomic E-state index is 5.01. The van der Waals surface area contributed by atoms with Crippen LogP contribution >= 0.6 is 0 Å². The first-order chi connectivity index (χ1) is 7.34. The van der Waals surface area contributed by atoms with Crippen molar-refractivity contribution in [2.45, 2.75) is 25.8 Å². The van der Waals surface area contributed by atoms with Crippen molar-refractivity contribution in [3.05, 3.63) is 35.9 Å². The fourth-order valence-electron chi connectivity index (χ4n) is 1.55. The molecule has 0 aliphatic heterocycles. The van der Waals surface area contributed by atoms with E-state index in [-0.39, 0.29) is 0 Å². The monoisotopic (exact) mass is 207 g/mol. The van der Waals surface area contributed by atoms with Crippen molar-refractivity contribution in [2.75, 3.05) is 20.3 Å². The van der Waals surface area contributed by atoms with Crippen LogP contribution in [0, 0.1) is 0 Å². The zero-order chi connectivity index (χ0) is 10.9. The summed E-state index contributed by atoms with van der Waals surface area (Å²) in [6.07, 6.45) is 2.30. The summed E-state index contributed by atoms with van der Waals surface area (Å²) in [7, 11) is 1.75. The lowest BCUT2D eigenvalue weighted by Crippen LogP contribution is -2.20. The Balaban J connectivity index is 2.16. The molecule has 2 heteroatoms. The molecule has 2 nitrogen and oxygen atoms in total. The third kappa shape index (κ3) is 4.96. The molecular weight excluding hydrogens is 186 g/mol. The van der Waals surface area contributed by atoms with Crippen molar-refractivity contribution in [3.63, 3.8) is 0 Å². The molecule has 0 amide bonds. The van der Waals surface area contributed by atoms with Crippen LogP contribution in [0.25, 0.3) is 0 Å². The largest absolute Gasteiger partial charge is 0.385 e. The van der Waals surface area contributed by atoms with Crippen molar-refractivity contribution in [1.29, 1.82) is 0 Å². The van der Waals surface area contributed by atoms with Crippen molar-refractivity contribution < 1.29 is 4.74 Å². The smallest absolute Gasteiger partial charge is 0.0462 e. The fraction of sp³-hybridized carbons (Fsp3) is 0.538. The molecule has 0 saturated heterocycles. The van der Waals surface area contributed by atoms with Gasteiger partial charge in [-0.2, -0.15) is 0 Å². The van der Waals surface area contributed by atoms with Crippen LogP contribution < -0.4 is 5.32 Å². The second-order valence-corrected chi connectivity index (χ2v) is 3.79. The molecule has 0 fully saturated rings. The van der Waals surface area contributed by atoms with Gasteiger partial charge < -0.3 is 10.1 Å². The van der Waals surface area contributed by atoms with E-state index in [1.807, 2.05) is 0 Å². The van der Waals surface area contributed by atoms with Gasteiger partial charge in [-0.1, -0.05) is 30.3 Å². The normalized spacial score (nSPS) is 12.7. The summed E-state index contributed by atoms with van der Waals surface area (Å²) in [5.74, 6) is 0. The second kappa shape index (κ2) is 7.43. The first kappa shape index (κ1) is 12.2. The SMILES string of the molecule is COCCCCN[C@@H](C)c1ccccc1. The maximum Gasteiger partial charge on any atom is 0.0462 e. The van der Waals surface area contributed by atoms with Crippen molar-refractivity contribution in [1.82, 2.24) is 5.32 Å². The van der Waals surface area contributed by atoms with Crippen LogP contribution in [0.3, 0.4) is 0 Å². The van der Waals surface area contributed by atoms with Gasteiger partial charge in [-0.15, -0.1) is 0 Å². The van der Waals surface area contributed by atoms with Gasteiger partial charge in [0.25, 0.3) is 0 Å². The van der Waals surface area contributed by atoms with E-state index in [2.05, 4.69) is 42.6 Å². The van der Waals surface area contributed by atoms with Crippen molar-refractivity contribution in [3.8, 4) is 0 Å². The van der Waals surface area contributed by atoms with Gasteiger partial charge in [-0.3, -0.25) is 0 Å². The quantitative estimate of drug-likeness (QED) is 0.694. The van der Waals surface area contributed by atoms with Crippen LogP contribution in [-0.4, -0.2) is 20.3 Å². The lowest BCUT2D eigenvalue weighted by atomic mass is 10.1. The van der Waals surface area contributed by atoms with Crippen molar-refractivity contribution in [2.24, 2.45) is 0 Å². The summed E-state index contributed by atoms with van der Waals surface area (Å²) in [5, 5.41) is 3.50. The van der Waals surface area contributed by atoms with E-state index >= 15 is 0 Å². The second-order valence-electron chi connectivity index (χ2n) is 3.79. The number of rotatable bonds is 7. The predicted octanol–water partition coefficient (Wildman–Crippen LogP) is 2.76. The van der Waals surface area contributed by atoms with Gasteiger partial charge in [-0.05, 0) is 31.9 Å². The van der Waals surface area contributed by atoms with Crippen LogP contribution in [0.15, 0.2) is 30.3 Å². The summed E-state index contributed by atoms with van der Waals surface area (Å²) < 4.78 is 5.01. The molecule has 1 rings (SSSR count). The molecular formula is C13H21NO. The molecule has 1 atom stereocenters. The molecule has 0 spiro atoms. The Bertz CT molecular complexity index is 248. The number of ether oxygens (including phenoxy) is 1. The number of unbranched alkanes of at least 4 members (excludes halogenated alkanes) is 1. The minimum Gasteiger partial charge on any atom is -0.385 e. The number of nitrogens with one attached hydrogen (secondary N) is 1. The fourth-order valence-corrected chi connectivity index (χ4v) is 1.55. The highest BCUT2D eigenvalue weighted by atomic mass is 16.5. The lowest BCUT2D eigenvalue weighted by Gasteiger charge is -2.13. The van der Waals surface area contributed by atoms with E-state index in [4.69, 9.17) is 4.74 Å².